The number of methoxy groups -OCH3 is 3. The molecule has 19 N–H and O–H groups in total. The fourth-order valence-corrected chi connectivity index (χ4v) is 6.87. The average Bonchev–Trinajstić information content (AvgIpc) is 1.49. The molecule has 0 aromatic heterocycles. The third kappa shape index (κ3) is 84.1. The summed E-state index contributed by atoms with van der Waals surface area (Å²) < 4.78 is 28.3. The summed E-state index contributed by atoms with van der Waals surface area (Å²) >= 11 is 0. The number of nitrogens with one attached hydrogen (secondary N) is 8. The van der Waals surface area contributed by atoms with Crippen molar-refractivity contribution in [2.75, 3.05) is 48.1 Å². The molecule has 35 nitrogen and oxygen atoms in total. The molecule has 2 saturated heterocycles. The van der Waals surface area contributed by atoms with Crippen LogP contribution < -0.4 is 110 Å². The van der Waals surface area contributed by atoms with E-state index in [1.807, 2.05) is 0 Å². The zero-order chi connectivity index (χ0) is 75.1. The number of piperidine rings is 2. The van der Waals surface area contributed by atoms with Gasteiger partial charge >= 0.3 is 131 Å². The number of carbonyl (C=O) groups excluding carboxylic acids is 10. The molecule has 0 bridgehead atoms. The van der Waals surface area contributed by atoms with E-state index in [4.69, 9.17) is 86.6 Å². The van der Waals surface area contributed by atoms with Crippen molar-refractivity contribution in [3.63, 3.8) is 0 Å². The van der Waals surface area contributed by atoms with Gasteiger partial charge in [0.2, 0.25) is 41.3 Å². The molecule has 526 valence electrons. The van der Waals surface area contributed by atoms with E-state index in [9.17, 15) is 52.7 Å². The number of terminal acetylenes is 1. The first-order valence-corrected chi connectivity index (χ1v) is 29.1. The number of carboxylic acid groups (broad SMARTS) is 2. The molecule has 0 aromatic carbocycles. The smallest absolute Gasteiger partial charge is 0.662 e. The first-order chi connectivity index (χ1) is 44.7. The van der Waals surface area contributed by atoms with Crippen molar-refractivity contribution in [3.05, 3.63) is 0 Å². The molecule has 2 rings (SSSR count). The Morgan fingerprint density at radius 3 is 1.45 bits per heavy atom. The van der Waals surface area contributed by atoms with Crippen LogP contribution in [0.3, 0.4) is 0 Å². The third-order valence-corrected chi connectivity index (χ3v) is 11.2. The van der Waals surface area contributed by atoms with Crippen LogP contribution in [0.1, 0.15) is 130 Å². The fraction of sp³-hybridized carbons (Fsp3) is 0.692. The van der Waals surface area contributed by atoms with E-state index in [1.165, 1.54) is 47.1 Å². The van der Waals surface area contributed by atoms with Crippen LogP contribution in [0.25, 0.3) is 0 Å². The second-order valence-electron chi connectivity index (χ2n) is 18.9. The molecule has 6 amide bonds. The maximum absolute atomic E-state index is 11.3. The summed E-state index contributed by atoms with van der Waals surface area (Å²) in [6.07, 6.45) is 19.7. The monoisotopic (exact) mass is 1380 g/mol. The van der Waals surface area contributed by atoms with Crippen molar-refractivity contribution in [2.24, 2.45) is 11.5 Å². The Hall–Kier alpha value is -5.91. The third-order valence-electron chi connectivity index (χ3n) is 11.2. The normalized spacial score (nSPS) is 13.6. The number of nitrogens with two attached hydrogens (primary N) is 2. The van der Waals surface area contributed by atoms with Gasteiger partial charge in [0.1, 0.15) is 31.6 Å². The SMILES string of the molecule is CC[C@@H]1CCCC(=O)N1.CO.COC(=O)[C@@H]1CCCC(=O)N1.NCCCCC(N)C(=O)O.O=BC#CO.O=CO[O-].[2H]C#C.[B]C(=O)NC(CCCC(=O)NB(C)O)C(=O)OC.[B]C(=O)NC(CCCCNB(C)O)C(=O)O.[B]C(=O)NC(CCCCNB(C)O)C(=O)OC.[K+]. The number of rotatable bonds is 31. The summed E-state index contributed by atoms with van der Waals surface area (Å²) in [7, 11) is 17.8. The Bertz CT molecular complexity index is 2220. The van der Waals surface area contributed by atoms with Gasteiger partial charge in [0.05, 0.1) is 21.3 Å². The molecule has 2 heterocycles. The van der Waals surface area contributed by atoms with E-state index >= 15 is 0 Å². The molecule has 0 spiro atoms. The molecule has 43 heteroatoms. The maximum atomic E-state index is 11.3. The Labute approximate surface area is 606 Å². The van der Waals surface area contributed by atoms with Gasteiger partial charge in [-0.15, -0.1) is 12.8 Å². The van der Waals surface area contributed by atoms with Gasteiger partial charge in [-0.2, -0.15) is 0 Å². The molecular formula is C52H96B7KN10O25. The van der Waals surface area contributed by atoms with Crippen LogP contribution in [0.2, 0.25) is 20.5 Å². The molecule has 2 aliphatic heterocycles. The minimum Gasteiger partial charge on any atom is -0.662 e. The van der Waals surface area contributed by atoms with Crippen LogP contribution in [0, 0.1) is 24.7 Å². The first kappa shape index (κ1) is 105. The van der Waals surface area contributed by atoms with Crippen LogP contribution in [-0.4, -0.2) is 243 Å². The second kappa shape index (κ2) is 78.8. The molecule has 2 fully saturated rings. The van der Waals surface area contributed by atoms with E-state index in [1.54, 1.807) is 19.5 Å². The largest absolute Gasteiger partial charge is 1.00 e. The Kier molecular flexibility index (Phi) is 87.2. The number of carboxylic acids is 2. The molecule has 4 unspecified atom stereocenters. The van der Waals surface area contributed by atoms with Gasteiger partial charge in [0, 0.05) is 32.4 Å². The summed E-state index contributed by atoms with van der Waals surface area (Å²) in [6, 6.07) is -3.18. The van der Waals surface area contributed by atoms with E-state index < -0.39 is 92.7 Å². The molecule has 2 aliphatic rings. The summed E-state index contributed by atoms with van der Waals surface area (Å²) in [4.78, 5) is 130. The zero-order valence-electron chi connectivity index (χ0n) is 56.9. The Morgan fingerprint density at radius 2 is 1.15 bits per heavy atom. The molecular weight excluding hydrogens is 1280 g/mol. The molecule has 6 atom stereocenters. The number of aliphatic hydroxyl groups excluding tert-OH is 2. The number of ether oxygens (including phenoxy) is 3. The standard InChI is InChI=1S/C9H16B2N2O5.C9H18B2N2O4.C8H16B2N2O4.C7H11NO3.C7H13NO.C6H14N2O2.C2HBO2.C2H2.CH2O3.CH4O.K/c1-11(17)13-7(14)5-3-4-6(8(15)18-2)12-9(10)16;1-11(16)12-6-4-3-5-7(8(14)17-2)13-9(10)15;1-10(16)11-5-3-2-4-6(7(13)14)12-8(9)15;1-11-7(10)5-3-2-4-6(9)8-5;1-2-6-4-3-5-7(9)8-6;7-4-2-1-3-5(8)6(9)10;4-2-1-3-5;1-2;2-1-4-3;1-2;/h6,17H,3-5H2,1-2H3,(H,12,16)(H,13,14);7,12,16H,3-6H2,1-2H3,(H,13,15);6,11,16H,2-5H2,1H3,(H,12,15)(H,13,14);5H,2-4H2,1H3,(H,8,9);6H,2-5H2,1H3,(H,8,9);5H,1-4,7-8H2,(H,9,10);4H;1-2H;1,3H;2H,1H3;/q;;;;;;;;;;+1/p-1/t;;;5-;6-;;;;;;/m...01....../s1/i;;;;;;;1D;;;. The van der Waals surface area contributed by atoms with Gasteiger partial charge < -0.3 is 108 Å². The van der Waals surface area contributed by atoms with E-state index in [-0.39, 0.29) is 94.4 Å². The topological polar surface area (TPSA) is 572 Å². The second-order valence-corrected chi connectivity index (χ2v) is 18.9. The van der Waals surface area contributed by atoms with Gasteiger partial charge in [-0.3, -0.25) is 38.4 Å². The number of aliphatic hydroxyl groups is 2. The molecule has 0 saturated carbocycles. The predicted molar refractivity (Wildman–Crippen MR) is 347 cm³/mol. The van der Waals surface area contributed by atoms with Gasteiger partial charge in [-0.25, -0.2) is 19.2 Å². The van der Waals surface area contributed by atoms with E-state index in [0.717, 1.165) is 58.5 Å². The van der Waals surface area contributed by atoms with Gasteiger partial charge in [-0.1, -0.05) is 13.3 Å². The number of amides is 6. The van der Waals surface area contributed by atoms with Crippen LogP contribution in [-0.2, 0) is 67.0 Å². The summed E-state index contributed by atoms with van der Waals surface area (Å²) in [5.41, 5.74) is 10.4. The van der Waals surface area contributed by atoms with Crippen molar-refractivity contribution >= 4 is 123 Å². The average molecular weight is 1380 g/mol. The fourth-order valence-electron chi connectivity index (χ4n) is 6.87. The minimum absolute atomic E-state index is 0. The Morgan fingerprint density at radius 1 is 0.737 bits per heavy atom. The number of hydrogen-bond acceptors (Lipinski definition) is 27. The minimum atomic E-state index is -1.10. The van der Waals surface area contributed by atoms with E-state index in [0.29, 0.717) is 84.2 Å². The molecule has 95 heavy (non-hydrogen) atoms. The maximum Gasteiger partial charge on any atom is 1.00 e. The van der Waals surface area contributed by atoms with Crippen LogP contribution in [0.5, 0.6) is 0 Å². The molecule has 6 radical (unpaired) electrons. The number of hydrogen-bond donors (Lipinski definition) is 17. The van der Waals surface area contributed by atoms with Gasteiger partial charge in [0.25, 0.3) is 6.47 Å². The van der Waals surface area contributed by atoms with Crippen molar-refractivity contribution in [1.29, 1.82) is 0 Å². The summed E-state index contributed by atoms with van der Waals surface area (Å²) in [6.45, 7) is 8.43. The van der Waals surface area contributed by atoms with Crippen LogP contribution in [0.4, 0.5) is 14.4 Å². The summed E-state index contributed by atoms with van der Waals surface area (Å²) in [5, 5.41) is 86.8. The number of carbonyl (C=O) groups is 12. The summed E-state index contributed by atoms with van der Waals surface area (Å²) in [5.74, 6) is -4.36. The first-order valence-electron chi connectivity index (χ1n) is 29.6. The quantitative estimate of drug-likeness (QED) is 0.00448. The molecule has 0 aromatic rings. The number of aliphatic carboxylic acids is 2. The van der Waals surface area contributed by atoms with Crippen LogP contribution in [0.15, 0.2) is 0 Å². The predicted octanol–water partition coefficient (Wildman–Crippen LogP) is -7.69. The van der Waals surface area contributed by atoms with Crippen LogP contribution >= 0.6 is 0 Å². The Balaban J connectivity index is -0.000000131. The van der Waals surface area contributed by atoms with Crippen molar-refractivity contribution in [1.82, 2.24) is 42.3 Å². The van der Waals surface area contributed by atoms with Crippen molar-refractivity contribution in [3.8, 4) is 24.7 Å². The van der Waals surface area contributed by atoms with E-state index in [2.05, 4.69) is 74.7 Å². The zero-order valence-corrected chi connectivity index (χ0v) is 59.0. The number of unbranched alkanes of at least 4 members (excludes halogenated alkanes) is 3. The van der Waals surface area contributed by atoms with Crippen molar-refractivity contribution < 1.29 is 175 Å². The number of esters is 3. The van der Waals surface area contributed by atoms with Gasteiger partial charge in [0.15, 0.2) is 17.4 Å². The molecule has 0 aliphatic carbocycles. The van der Waals surface area contributed by atoms with Gasteiger partial charge in [-0.05, 0) is 136 Å². The van der Waals surface area contributed by atoms with Crippen molar-refractivity contribution in [2.45, 2.75) is 186 Å².